The number of rotatable bonds is 4. The molecule has 1 heterocycles. The third-order valence-corrected chi connectivity index (χ3v) is 2.56. The Morgan fingerprint density at radius 1 is 1.20 bits per heavy atom. The topological polar surface area (TPSA) is 38.1 Å². The largest absolute Gasteiger partial charge is 0.445 e. The van der Waals surface area contributed by atoms with Crippen molar-refractivity contribution in [2.75, 3.05) is 0 Å². The molecule has 0 aliphatic rings. The fraction of sp³-hybridized carbons (Fsp3) is 0.308. The number of alkyl halides is 3. The Morgan fingerprint density at radius 2 is 1.95 bits per heavy atom. The van der Waals surface area contributed by atoms with Crippen LogP contribution in [0.1, 0.15) is 22.8 Å². The molecule has 0 amide bonds. The molecule has 1 aromatic carbocycles. The predicted octanol–water partition coefficient (Wildman–Crippen LogP) is 3.43. The number of hydrogen-bond acceptors (Lipinski definition) is 3. The molecule has 0 spiro atoms. The van der Waals surface area contributed by atoms with Gasteiger partial charge in [-0.3, -0.25) is 0 Å². The summed E-state index contributed by atoms with van der Waals surface area (Å²) in [6.07, 6.45) is -3.02. The molecule has 2 rings (SSSR count). The van der Waals surface area contributed by atoms with Gasteiger partial charge in [0.1, 0.15) is 11.6 Å². The first-order valence-electron chi connectivity index (χ1n) is 5.83. The van der Waals surface area contributed by atoms with Crippen molar-refractivity contribution in [3.63, 3.8) is 0 Å². The zero-order valence-electron chi connectivity index (χ0n) is 10.6. The Bertz CT molecular complexity index is 592. The van der Waals surface area contributed by atoms with E-state index >= 15 is 0 Å². The molecule has 0 saturated heterocycles. The van der Waals surface area contributed by atoms with Crippen LogP contribution in [0.25, 0.3) is 0 Å². The average Bonchev–Trinajstić information content (AvgIpc) is 2.73. The van der Waals surface area contributed by atoms with Crippen molar-refractivity contribution in [2.45, 2.75) is 26.2 Å². The first-order valence-corrected chi connectivity index (χ1v) is 5.83. The first-order chi connectivity index (χ1) is 9.34. The molecule has 3 nitrogen and oxygen atoms in total. The smallest absolute Gasteiger partial charge is 0.416 e. The Labute approximate surface area is 112 Å². The van der Waals surface area contributed by atoms with Gasteiger partial charge in [0, 0.05) is 6.54 Å². The van der Waals surface area contributed by atoms with Crippen LogP contribution in [0.5, 0.6) is 0 Å². The minimum Gasteiger partial charge on any atom is -0.445 e. The van der Waals surface area contributed by atoms with Gasteiger partial charge in [-0.2, -0.15) is 13.2 Å². The number of aryl methyl sites for hydroxylation is 1. The standard InChI is InChI=1S/C13H12F4N2O/c1-8-5-19-12(20-8)7-18-6-9-2-10(13(15,16)17)4-11(14)3-9/h2-5,18H,6-7H2,1H3. The third kappa shape index (κ3) is 3.80. The van der Waals surface area contributed by atoms with Crippen LogP contribution in [0.4, 0.5) is 17.6 Å². The van der Waals surface area contributed by atoms with Gasteiger partial charge in [0.25, 0.3) is 0 Å². The van der Waals surface area contributed by atoms with Crippen LogP contribution in [-0.2, 0) is 19.3 Å². The fourth-order valence-electron chi connectivity index (χ4n) is 1.71. The summed E-state index contributed by atoms with van der Waals surface area (Å²) in [5.74, 6) is 0.158. The zero-order chi connectivity index (χ0) is 14.8. The van der Waals surface area contributed by atoms with E-state index in [1.807, 2.05) is 0 Å². The maximum absolute atomic E-state index is 13.2. The highest BCUT2D eigenvalue weighted by Gasteiger charge is 2.31. The molecule has 1 aromatic heterocycles. The van der Waals surface area contributed by atoms with Crippen molar-refractivity contribution in [2.24, 2.45) is 0 Å². The lowest BCUT2D eigenvalue weighted by Gasteiger charge is -2.09. The van der Waals surface area contributed by atoms with Gasteiger partial charge in [-0.1, -0.05) is 0 Å². The summed E-state index contributed by atoms with van der Waals surface area (Å²) in [5.41, 5.74) is -0.790. The molecule has 0 aliphatic carbocycles. The Kier molecular flexibility index (Phi) is 4.08. The van der Waals surface area contributed by atoms with E-state index in [9.17, 15) is 17.6 Å². The van der Waals surface area contributed by atoms with Crippen LogP contribution in [0, 0.1) is 12.7 Å². The van der Waals surface area contributed by atoms with Gasteiger partial charge in [-0.15, -0.1) is 0 Å². The third-order valence-electron chi connectivity index (χ3n) is 2.56. The molecule has 108 valence electrons. The maximum atomic E-state index is 13.2. The minimum absolute atomic E-state index is 0.0856. The molecular weight excluding hydrogens is 276 g/mol. The second kappa shape index (κ2) is 5.62. The summed E-state index contributed by atoms with van der Waals surface area (Å²) in [4.78, 5) is 3.94. The van der Waals surface area contributed by atoms with Crippen LogP contribution >= 0.6 is 0 Å². The molecule has 1 N–H and O–H groups in total. The predicted molar refractivity (Wildman–Crippen MR) is 63.2 cm³/mol. The van der Waals surface area contributed by atoms with E-state index in [2.05, 4.69) is 10.3 Å². The number of oxazole rings is 1. The number of halogens is 4. The molecule has 2 aromatic rings. The van der Waals surface area contributed by atoms with E-state index in [-0.39, 0.29) is 18.7 Å². The monoisotopic (exact) mass is 288 g/mol. The van der Waals surface area contributed by atoms with Gasteiger partial charge >= 0.3 is 6.18 Å². The van der Waals surface area contributed by atoms with Crippen LogP contribution < -0.4 is 5.32 Å². The van der Waals surface area contributed by atoms with Gasteiger partial charge < -0.3 is 9.73 Å². The van der Waals surface area contributed by atoms with Crippen LogP contribution in [0.15, 0.2) is 28.8 Å². The average molecular weight is 288 g/mol. The summed E-state index contributed by atoms with van der Waals surface area (Å²) in [6.45, 7) is 2.08. The summed E-state index contributed by atoms with van der Waals surface area (Å²) < 4.78 is 55.9. The number of hydrogen-bond donors (Lipinski definition) is 1. The molecule has 0 saturated carbocycles. The molecule has 0 fully saturated rings. The van der Waals surface area contributed by atoms with Crippen molar-refractivity contribution < 1.29 is 22.0 Å². The van der Waals surface area contributed by atoms with E-state index in [1.54, 1.807) is 13.1 Å². The molecule has 0 bridgehead atoms. The van der Waals surface area contributed by atoms with E-state index in [4.69, 9.17) is 4.42 Å². The number of nitrogens with zero attached hydrogens (tertiary/aromatic N) is 1. The van der Waals surface area contributed by atoms with E-state index in [0.29, 0.717) is 17.7 Å². The van der Waals surface area contributed by atoms with Crippen LogP contribution in [-0.4, -0.2) is 4.98 Å². The highest BCUT2D eigenvalue weighted by atomic mass is 19.4. The van der Waals surface area contributed by atoms with Gasteiger partial charge in [-0.25, -0.2) is 9.37 Å². The quantitative estimate of drug-likeness (QED) is 0.876. The summed E-state index contributed by atoms with van der Waals surface area (Å²) in [6, 6.07) is 2.45. The maximum Gasteiger partial charge on any atom is 0.416 e. The normalized spacial score (nSPS) is 11.8. The van der Waals surface area contributed by atoms with Crippen molar-refractivity contribution in [3.05, 3.63) is 53.0 Å². The summed E-state index contributed by atoms with van der Waals surface area (Å²) in [7, 11) is 0. The Morgan fingerprint density at radius 3 is 2.55 bits per heavy atom. The highest BCUT2D eigenvalue weighted by Crippen LogP contribution is 2.30. The van der Waals surface area contributed by atoms with Gasteiger partial charge in [-0.05, 0) is 30.7 Å². The van der Waals surface area contributed by atoms with Crippen molar-refractivity contribution in [3.8, 4) is 0 Å². The zero-order valence-corrected chi connectivity index (χ0v) is 10.6. The van der Waals surface area contributed by atoms with Crippen molar-refractivity contribution in [1.29, 1.82) is 0 Å². The van der Waals surface area contributed by atoms with Gasteiger partial charge in [0.15, 0.2) is 0 Å². The minimum atomic E-state index is -4.56. The molecule has 0 atom stereocenters. The van der Waals surface area contributed by atoms with E-state index in [1.165, 1.54) is 0 Å². The fourth-order valence-corrected chi connectivity index (χ4v) is 1.71. The SMILES string of the molecule is Cc1cnc(CNCc2cc(F)cc(C(F)(F)F)c2)o1. The molecule has 20 heavy (non-hydrogen) atoms. The second-order valence-electron chi connectivity index (χ2n) is 4.31. The number of aromatic nitrogens is 1. The van der Waals surface area contributed by atoms with Crippen LogP contribution in [0.3, 0.4) is 0 Å². The Balaban J connectivity index is 2.00. The second-order valence-corrected chi connectivity index (χ2v) is 4.31. The lowest BCUT2D eigenvalue weighted by Crippen LogP contribution is -2.14. The summed E-state index contributed by atoms with van der Waals surface area (Å²) >= 11 is 0. The molecule has 0 aliphatic heterocycles. The molecule has 7 heteroatoms. The van der Waals surface area contributed by atoms with Crippen LogP contribution in [0.2, 0.25) is 0 Å². The first kappa shape index (κ1) is 14.5. The lowest BCUT2D eigenvalue weighted by atomic mass is 10.1. The number of nitrogens with one attached hydrogen (secondary N) is 1. The molecular formula is C13H12F4N2O. The number of benzene rings is 1. The van der Waals surface area contributed by atoms with Gasteiger partial charge in [0.05, 0.1) is 18.3 Å². The highest BCUT2D eigenvalue weighted by molar-refractivity contribution is 5.26. The van der Waals surface area contributed by atoms with Crippen molar-refractivity contribution in [1.82, 2.24) is 10.3 Å². The van der Waals surface area contributed by atoms with E-state index in [0.717, 1.165) is 12.1 Å². The van der Waals surface area contributed by atoms with Gasteiger partial charge in [0.2, 0.25) is 5.89 Å². The summed E-state index contributed by atoms with van der Waals surface area (Å²) in [5, 5.41) is 2.85. The molecule has 0 radical (unpaired) electrons. The molecule has 0 unspecified atom stereocenters. The lowest BCUT2D eigenvalue weighted by molar-refractivity contribution is -0.137. The van der Waals surface area contributed by atoms with Crippen molar-refractivity contribution >= 4 is 0 Å². The Hall–Kier alpha value is -1.89. The van der Waals surface area contributed by atoms with E-state index < -0.39 is 17.6 Å².